The van der Waals surface area contributed by atoms with Crippen molar-refractivity contribution in [2.75, 3.05) is 25.5 Å². The number of aromatic nitrogens is 3. The first kappa shape index (κ1) is 20.9. The maximum absolute atomic E-state index is 13.0. The zero-order valence-corrected chi connectivity index (χ0v) is 18.9. The number of aromatic amines is 1. The Bertz CT molecular complexity index is 1100. The molecule has 0 radical (unpaired) electrons. The Labute approximate surface area is 191 Å². The molecule has 32 heavy (non-hydrogen) atoms. The number of rotatable bonds is 5. The van der Waals surface area contributed by atoms with Gasteiger partial charge in [0, 0.05) is 18.5 Å². The minimum Gasteiger partial charge on any atom is -0.490 e. The lowest BCUT2D eigenvalue weighted by molar-refractivity contribution is -0.129. The predicted octanol–water partition coefficient (Wildman–Crippen LogP) is 4.40. The number of aryl methyl sites for hydroxylation is 1. The number of benzene rings is 2. The zero-order chi connectivity index (χ0) is 21.9. The number of nitrogens with zero attached hydrogens (tertiary/aromatic N) is 3. The molecule has 1 atom stereocenters. The summed E-state index contributed by atoms with van der Waals surface area (Å²) in [4.78, 5) is 19.6. The van der Waals surface area contributed by atoms with Crippen molar-refractivity contribution in [3.8, 4) is 22.9 Å². The molecule has 2 aromatic carbocycles. The number of ether oxygens (including phenoxy) is 2. The van der Waals surface area contributed by atoms with Crippen LogP contribution < -0.4 is 9.47 Å². The molecule has 166 valence electrons. The Kier molecular flexibility index (Phi) is 6.03. The van der Waals surface area contributed by atoms with Gasteiger partial charge in [-0.2, -0.15) is 0 Å². The van der Waals surface area contributed by atoms with Gasteiger partial charge in [0.25, 0.3) is 0 Å². The molecule has 7 nitrogen and oxygen atoms in total. The second-order valence-corrected chi connectivity index (χ2v) is 9.07. The van der Waals surface area contributed by atoms with Crippen LogP contribution in [-0.4, -0.2) is 51.5 Å². The molecule has 1 aromatic heterocycles. The van der Waals surface area contributed by atoms with Crippen molar-refractivity contribution in [3.63, 3.8) is 0 Å². The van der Waals surface area contributed by atoms with Crippen LogP contribution in [0.5, 0.6) is 11.5 Å². The summed E-state index contributed by atoms with van der Waals surface area (Å²) < 4.78 is 11.6. The predicted molar refractivity (Wildman–Crippen MR) is 123 cm³/mol. The molecule has 0 spiro atoms. The van der Waals surface area contributed by atoms with Gasteiger partial charge in [0.1, 0.15) is 0 Å². The smallest absolute Gasteiger partial charge is 0.233 e. The van der Waals surface area contributed by atoms with Gasteiger partial charge in [-0.3, -0.25) is 9.89 Å². The van der Waals surface area contributed by atoms with Gasteiger partial charge in [-0.15, -0.1) is 5.10 Å². The van der Waals surface area contributed by atoms with Crippen LogP contribution in [0.3, 0.4) is 0 Å². The third-order valence-electron chi connectivity index (χ3n) is 5.84. The molecule has 0 bridgehead atoms. The summed E-state index contributed by atoms with van der Waals surface area (Å²) in [6.07, 6.45) is 2.82. The molecular weight excluding hydrogens is 424 g/mol. The van der Waals surface area contributed by atoms with Crippen LogP contribution in [0, 0.1) is 6.92 Å². The molecule has 8 heteroatoms. The average molecular weight is 451 g/mol. The molecule has 0 unspecified atom stereocenters. The number of amides is 1. The third-order valence-corrected chi connectivity index (χ3v) is 6.68. The van der Waals surface area contributed by atoms with E-state index in [0.29, 0.717) is 29.9 Å². The summed E-state index contributed by atoms with van der Waals surface area (Å²) >= 11 is 1.37. The second-order valence-electron chi connectivity index (χ2n) is 8.12. The highest BCUT2D eigenvalue weighted by Crippen LogP contribution is 2.38. The average Bonchev–Trinajstić information content (AvgIpc) is 3.43. The Morgan fingerprint density at radius 1 is 1.12 bits per heavy atom. The summed E-state index contributed by atoms with van der Waals surface area (Å²) in [5.41, 5.74) is 3.28. The number of carbonyl (C=O) groups excluding carboxylic acids is 1. The van der Waals surface area contributed by atoms with Crippen molar-refractivity contribution in [1.82, 2.24) is 20.1 Å². The Morgan fingerprint density at radius 3 is 2.78 bits per heavy atom. The molecule has 3 heterocycles. The van der Waals surface area contributed by atoms with Crippen molar-refractivity contribution in [3.05, 3.63) is 53.6 Å². The summed E-state index contributed by atoms with van der Waals surface area (Å²) in [5.74, 6) is 2.69. The van der Waals surface area contributed by atoms with E-state index in [1.807, 2.05) is 41.3 Å². The first-order valence-electron chi connectivity index (χ1n) is 11.0. The van der Waals surface area contributed by atoms with Crippen LogP contribution in [0.1, 0.15) is 36.4 Å². The SMILES string of the molecule is Cc1ccc(-c2nc(SCC(=O)N3CCC[C@@H]3c3ccc4c(c3)OCCCO4)n[nH]2)cc1. The lowest BCUT2D eigenvalue weighted by Gasteiger charge is -2.25. The molecule has 1 amide bonds. The number of carbonyl (C=O) groups is 1. The lowest BCUT2D eigenvalue weighted by atomic mass is 10.0. The fourth-order valence-electron chi connectivity index (χ4n) is 4.16. The third kappa shape index (κ3) is 4.46. The van der Waals surface area contributed by atoms with Crippen molar-refractivity contribution >= 4 is 17.7 Å². The van der Waals surface area contributed by atoms with Gasteiger partial charge >= 0.3 is 0 Å². The van der Waals surface area contributed by atoms with Gasteiger partial charge in [-0.05, 0) is 37.5 Å². The monoisotopic (exact) mass is 450 g/mol. The van der Waals surface area contributed by atoms with Gasteiger partial charge in [-0.25, -0.2) is 4.98 Å². The number of likely N-dealkylation sites (tertiary alicyclic amines) is 1. The van der Waals surface area contributed by atoms with Crippen LogP contribution in [0.4, 0.5) is 0 Å². The van der Waals surface area contributed by atoms with Gasteiger partial charge in [0.15, 0.2) is 17.3 Å². The van der Waals surface area contributed by atoms with Crippen molar-refractivity contribution < 1.29 is 14.3 Å². The molecule has 5 rings (SSSR count). The van der Waals surface area contributed by atoms with E-state index in [0.717, 1.165) is 48.4 Å². The lowest BCUT2D eigenvalue weighted by Crippen LogP contribution is -2.32. The highest BCUT2D eigenvalue weighted by atomic mass is 32.2. The van der Waals surface area contributed by atoms with Gasteiger partial charge < -0.3 is 14.4 Å². The summed E-state index contributed by atoms with van der Waals surface area (Å²) in [5, 5.41) is 7.83. The first-order chi connectivity index (χ1) is 15.7. The van der Waals surface area contributed by atoms with E-state index in [1.54, 1.807) is 0 Å². The number of thioether (sulfide) groups is 1. The number of nitrogens with one attached hydrogen (secondary N) is 1. The number of H-pyrrole nitrogens is 1. The van der Waals surface area contributed by atoms with E-state index in [2.05, 4.69) is 28.2 Å². The number of hydrogen-bond acceptors (Lipinski definition) is 6. The van der Waals surface area contributed by atoms with Crippen LogP contribution in [-0.2, 0) is 4.79 Å². The van der Waals surface area contributed by atoms with Gasteiger partial charge in [0.2, 0.25) is 11.1 Å². The van der Waals surface area contributed by atoms with E-state index < -0.39 is 0 Å². The van der Waals surface area contributed by atoms with E-state index in [4.69, 9.17) is 9.47 Å². The molecule has 0 aliphatic carbocycles. The molecular formula is C24H26N4O3S. The minimum absolute atomic E-state index is 0.0653. The fraction of sp³-hybridized carbons (Fsp3) is 0.375. The molecule has 2 aliphatic rings. The zero-order valence-electron chi connectivity index (χ0n) is 18.0. The first-order valence-corrected chi connectivity index (χ1v) is 12.0. The highest BCUT2D eigenvalue weighted by molar-refractivity contribution is 7.99. The highest BCUT2D eigenvalue weighted by Gasteiger charge is 2.31. The summed E-state index contributed by atoms with van der Waals surface area (Å²) in [6, 6.07) is 14.2. The van der Waals surface area contributed by atoms with Crippen LogP contribution in [0.25, 0.3) is 11.4 Å². The van der Waals surface area contributed by atoms with Crippen LogP contribution in [0.15, 0.2) is 47.6 Å². The standard InChI is InChI=1S/C24H26N4O3S/c1-16-5-7-17(8-6-16)23-25-24(27-26-23)32-15-22(29)28-11-2-4-19(28)18-9-10-20-21(14-18)31-13-3-12-30-20/h5-10,14,19H,2-4,11-13,15H2,1H3,(H,25,26,27)/t19-/m1/s1. The van der Waals surface area contributed by atoms with E-state index in [1.165, 1.54) is 17.3 Å². The second kappa shape index (κ2) is 9.24. The largest absolute Gasteiger partial charge is 0.490 e. The van der Waals surface area contributed by atoms with E-state index in [9.17, 15) is 4.79 Å². The van der Waals surface area contributed by atoms with Crippen molar-refractivity contribution in [2.45, 2.75) is 37.4 Å². The molecule has 3 aromatic rings. The van der Waals surface area contributed by atoms with E-state index in [-0.39, 0.29) is 11.9 Å². The number of fused-ring (bicyclic) bond motifs is 1. The molecule has 0 saturated carbocycles. The Balaban J connectivity index is 1.24. The fourth-order valence-corrected chi connectivity index (χ4v) is 4.84. The van der Waals surface area contributed by atoms with Crippen molar-refractivity contribution in [2.24, 2.45) is 0 Å². The van der Waals surface area contributed by atoms with E-state index >= 15 is 0 Å². The molecule has 1 saturated heterocycles. The summed E-state index contributed by atoms with van der Waals surface area (Å²) in [6.45, 7) is 4.14. The summed E-state index contributed by atoms with van der Waals surface area (Å²) in [7, 11) is 0. The van der Waals surface area contributed by atoms with Crippen LogP contribution in [0.2, 0.25) is 0 Å². The Morgan fingerprint density at radius 2 is 1.94 bits per heavy atom. The maximum Gasteiger partial charge on any atom is 0.233 e. The molecule has 1 fully saturated rings. The maximum atomic E-state index is 13.0. The molecule has 1 N–H and O–H groups in total. The number of hydrogen-bond donors (Lipinski definition) is 1. The normalized spacial score (nSPS) is 17.9. The molecule has 2 aliphatic heterocycles. The van der Waals surface area contributed by atoms with Crippen LogP contribution >= 0.6 is 11.8 Å². The Hall–Kier alpha value is -3.00. The topological polar surface area (TPSA) is 80.3 Å². The van der Waals surface area contributed by atoms with Crippen molar-refractivity contribution in [1.29, 1.82) is 0 Å². The van der Waals surface area contributed by atoms with Gasteiger partial charge in [-0.1, -0.05) is 47.7 Å². The van der Waals surface area contributed by atoms with Gasteiger partial charge in [0.05, 0.1) is 25.0 Å². The minimum atomic E-state index is 0.0653. The quantitative estimate of drug-likeness (QED) is 0.581.